The summed E-state index contributed by atoms with van der Waals surface area (Å²) in [4.78, 5) is 0. The molecule has 3 rings (SSSR count). The normalized spacial score (nSPS) is 10.9. The number of hydrogen-bond donors (Lipinski definition) is 1. The molecule has 0 aliphatic carbocycles. The van der Waals surface area contributed by atoms with Crippen LogP contribution in [0.1, 0.15) is 11.1 Å². The zero-order chi connectivity index (χ0) is 14.3. The summed E-state index contributed by atoms with van der Waals surface area (Å²) < 4.78 is 14.3. The fourth-order valence-corrected chi connectivity index (χ4v) is 2.52. The molecule has 0 spiro atoms. The number of benzene rings is 2. The van der Waals surface area contributed by atoms with Gasteiger partial charge in [0.2, 0.25) is 0 Å². The van der Waals surface area contributed by atoms with Gasteiger partial charge in [-0.15, -0.1) is 10.2 Å². The molecular weight excluding hydrogens is 253 g/mol. The van der Waals surface area contributed by atoms with Crippen molar-refractivity contribution in [1.29, 1.82) is 0 Å². The van der Waals surface area contributed by atoms with Crippen LogP contribution in [0.25, 0.3) is 22.0 Å². The summed E-state index contributed by atoms with van der Waals surface area (Å²) in [6, 6.07) is 11.0. The third-order valence-corrected chi connectivity index (χ3v) is 3.38. The van der Waals surface area contributed by atoms with Crippen LogP contribution >= 0.6 is 0 Å². The van der Waals surface area contributed by atoms with Crippen molar-refractivity contribution in [1.82, 2.24) is 10.2 Å². The van der Waals surface area contributed by atoms with Gasteiger partial charge in [0.05, 0.1) is 0 Å². The van der Waals surface area contributed by atoms with Crippen molar-refractivity contribution in [3.63, 3.8) is 0 Å². The molecule has 0 atom stereocenters. The van der Waals surface area contributed by atoms with Gasteiger partial charge >= 0.3 is 0 Å². The van der Waals surface area contributed by atoms with Crippen molar-refractivity contribution in [3.8, 4) is 11.3 Å². The van der Waals surface area contributed by atoms with Crippen LogP contribution in [0.2, 0.25) is 0 Å². The van der Waals surface area contributed by atoms with Crippen LogP contribution in [0.5, 0.6) is 0 Å². The minimum absolute atomic E-state index is 0.285. The maximum Gasteiger partial charge on any atom is 0.154 e. The van der Waals surface area contributed by atoms with Gasteiger partial charge < -0.3 is 5.73 Å². The summed E-state index contributed by atoms with van der Waals surface area (Å²) in [6.45, 7) is 3.74. The van der Waals surface area contributed by atoms with E-state index in [0.717, 1.165) is 21.9 Å². The lowest BCUT2D eigenvalue weighted by Gasteiger charge is -2.11. The molecular formula is C16H14FN3. The van der Waals surface area contributed by atoms with Crippen LogP contribution in [-0.2, 0) is 0 Å². The van der Waals surface area contributed by atoms with Crippen molar-refractivity contribution in [2.75, 3.05) is 5.73 Å². The van der Waals surface area contributed by atoms with E-state index in [-0.39, 0.29) is 5.82 Å². The Kier molecular flexibility index (Phi) is 2.86. The lowest BCUT2D eigenvalue weighted by Crippen LogP contribution is -2.00. The Labute approximate surface area is 116 Å². The minimum atomic E-state index is -0.285. The number of nitrogen functional groups attached to an aromatic ring is 1. The van der Waals surface area contributed by atoms with E-state index in [1.165, 1.54) is 6.07 Å². The lowest BCUT2D eigenvalue weighted by atomic mass is 9.98. The quantitative estimate of drug-likeness (QED) is 0.732. The second kappa shape index (κ2) is 4.56. The number of nitrogens with two attached hydrogens (primary N) is 1. The maximum atomic E-state index is 14.3. The standard InChI is InChI=1S/C16H14FN3/c1-9-7-10(2)14(13(17)8-9)15-11-5-3-4-6-12(11)16(18)20-19-15/h3-8H,1-2H3,(H2,18,20). The molecule has 1 heterocycles. The number of hydrogen-bond acceptors (Lipinski definition) is 3. The third-order valence-electron chi connectivity index (χ3n) is 3.38. The van der Waals surface area contributed by atoms with E-state index in [0.29, 0.717) is 17.1 Å². The van der Waals surface area contributed by atoms with Crippen molar-refractivity contribution >= 4 is 16.6 Å². The molecule has 0 saturated carbocycles. The summed E-state index contributed by atoms with van der Waals surface area (Å²) in [5.74, 6) is 0.0706. The highest BCUT2D eigenvalue weighted by atomic mass is 19.1. The number of aromatic nitrogens is 2. The monoisotopic (exact) mass is 267 g/mol. The fourth-order valence-electron chi connectivity index (χ4n) is 2.52. The summed E-state index contributed by atoms with van der Waals surface area (Å²) in [5.41, 5.74) is 8.58. The topological polar surface area (TPSA) is 51.8 Å². The number of halogens is 1. The second-order valence-electron chi connectivity index (χ2n) is 4.92. The molecule has 3 aromatic rings. The number of anilines is 1. The zero-order valence-electron chi connectivity index (χ0n) is 11.3. The van der Waals surface area contributed by atoms with E-state index in [1.807, 2.05) is 44.2 Å². The zero-order valence-corrected chi connectivity index (χ0v) is 11.3. The van der Waals surface area contributed by atoms with Crippen LogP contribution in [0.3, 0.4) is 0 Å². The molecule has 100 valence electrons. The second-order valence-corrected chi connectivity index (χ2v) is 4.92. The first-order valence-corrected chi connectivity index (χ1v) is 6.36. The van der Waals surface area contributed by atoms with Crippen LogP contribution in [0.15, 0.2) is 36.4 Å². The third kappa shape index (κ3) is 1.90. The first-order chi connectivity index (χ1) is 9.58. The van der Waals surface area contributed by atoms with Gasteiger partial charge in [-0.25, -0.2) is 4.39 Å². The lowest BCUT2D eigenvalue weighted by molar-refractivity contribution is 0.628. The predicted octanol–water partition coefficient (Wildman–Crippen LogP) is 3.63. The molecule has 2 N–H and O–H groups in total. The van der Waals surface area contributed by atoms with Crippen molar-refractivity contribution in [2.24, 2.45) is 0 Å². The highest BCUT2D eigenvalue weighted by Gasteiger charge is 2.15. The largest absolute Gasteiger partial charge is 0.382 e. The highest BCUT2D eigenvalue weighted by Crippen LogP contribution is 2.32. The van der Waals surface area contributed by atoms with E-state index in [9.17, 15) is 4.39 Å². The molecule has 0 amide bonds. The Morgan fingerprint density at radius 2 is 1.70 bits per heavy atom. The molecule has 0 fully saturated rings. The molecule has 0 aliphatic rings. The van der Waals surface area contributed by atoms with Crippen LogP contribution < -0.4 is 5.73 Å². The molecule has 0 bridgehead atoms. The van der Waals surface area contributed by atoms with Crippen molar-refractivity contribution in [3.05, 3.63) is 53.3 Å². The van der Waals surface area contributed by atoms with Gasteiger partial charge in [0.15, 0.2) is 5.82 Å². The molecule has 2 aromatic carbocycles. The van der Waals surface area contributed by atoms with Gasteiger partial charge in [0.1, 0.15) is 11.5 Å². The van der Waals surface area contributed by atoms with E-state index >= 15 is 0 Å². The molecule has 20 heavy (non-hydrogen) atoms. The van der Waals surface area contributed by atoms with Gasteiger partial charge in [-0.3, -0.25) is 0 Å². The van der Waals surface area contributed by atoms with Crippen LogP contribution in [-0.4, -0.2) is 10.2 Å². The van der Waals surface area contributed by atoms with E-state index in [1.54, 1.807) is 0 Å². The summed E-state index contributed by atoms with van der Waals surface area (Å²) in [6.07, 6.45) is 0. The molecule has 0 aliphatic heterocycles. The number of aryl methyl sites for hydroxylation is 2. The first-order valence-electron chi connectivity index (χ1n) is 6.36. The van der Waals surface area contributed by atoms with Crippen LogP contribution in [0, 0.1) is 19.7 Å². The Morgan fingerprint density at radius 1 is 1.00 bits per heavy atom. The average molecular weight is 267 g/mol. The smallest absolute Gasteiger partial charge is 0.154 e. The Hall–Kier alpha value is -2.49. The average Bonchev–Trinajstić information content (AvgIpc) is 2.40. The van der Waals surface area contributed by atoms with E-state index in [2.05, 4.69) is 10.2 Å². The summed E-state index contributed by atoms with van der Waals surface area (Å²) in [7, 11) is 0. The van der Waals surface area contributed by atoms with Gasteiger partial charge in [0, 0.05) is 16.3 Å². The van der Waals surface area contributed by atoms with Crippen molar-refractivity contribution in [2.45, 2.75) is 13.8 Å². The molecule has 0 saturated heterocycles. The summed E-state index contributed by atoms with van der Waals surface area (Å²) >= 11 is 0. The number of fused-ring (bicyclic) bond motifs is 1. The van der Waals surface area contributed by atoms with Gasteiger partial charge in [-0.2, -0.15) is 0 Å². The number of nitrogens with zero attached hydrogens (tertiary/aromatic N) is 2. The molecule has 1 aromatic heterocycles. The molecule has 0 unspecified atom stereocenters. The molecule has 0 radical (unpaired) electrons. The van der Waals surface area contributed by atoms with E-state index in [4.69, 9.17) is 5.73 Å². The predicted molar refractivity (Wildman–Crippen MR) is 78.8 cm³/mol. The van der Waals surface area contributed by atoms with Gasteiger partial charge in [-0.05, 0) is 31.0 Å². The maximum absolute atomic E-state index is 14.3. The van der Waals surface area contributed by atoms with E-state index < -0.39 is 0 Å². The Bertz CT molecular complexity index is 789. The van der Waals surface area contributed by atoms with Gasteiger partial charge in [-0.1, -0.05) is 30.3 Å². The molecule has 3 nitrogen and oxygen atoms in total. The molecule has 4 heteroatoms. The van der Waals surface area contributed by atoms with Crippen LogP contribution in [0.4, 0.5) is 10.2 Å². The highest BCUT2D eigenvalue weighted by molar-refractivity contribution is 5.99. The first kappa shape index (κ1) is 12.5. The number of rotatable bonds is 1. The minimum Gasteiger partial charge on any atom is -0.382 e. The Morgan fingerprint density at radius 3 is 2.40 bits per heavy atom. The van der Waals surface area contributed by atoms with Gasteiger partial charge in [0.25, 0.3) is 0 Å². The van der Waals surface area contributed by atoms with Crippen molar-refractivity contribution < 1.29 is 4.39 Å². The SMILES string of the molecule is Cc1cc(C)c(-c2nnc(N)c3ccccc23)c(F)c1. The Balaban J connectivity index is 2.39. The fraction of sp³-hybridized carbons (Fsp3) is 0.125. The summed E-state index contributed by atoms with van der Waals surface area (Å²) in [5, 5.41) is 9.66.